The van der Waals surface area contributed by atoms with Crippen LogP contribution in [-0.4, -0.2) is 9.97 Å². The number of nitrogens with zero attached hydrogens (tertiary/aromatic N) is 2. The van der Waals surface area contributed by atoms with Gasteiger partial charge in [0.2, 0.25) is 0 Å². The Morgan fingerprint density at radius 2 is 2.17 bits per heavy atom. The quantitative estimate of drug-likeness (QED) is 0.592. The Hall–Kier alpha value is -1.51. The molecule has 0 bridgehead atoms. The maximum absolute atomic E-state index is 12.7. The third-order valence-electron chi connectivity index (χ3n) is 1.75. The predicted molar refractivity (Wildman–Crippen MR) is 44.2 cm³/mol. The van der Waals surface area contributed by atoms with Gasteiger partial charge in [0, 0.05) is 12.3 Å². The first kappa shape index (κ1) is 7.16. The van der Waals surface area contributed by atoms with Gasteiger partial charge in [0.25, 0.3) is 0 Å². The van der Waals surface area contributed by atoms with Gasteiger partial charge in [0.1, 0.15) is 5.82 Å². The minimum Gasteiger partial charge on any atom is -0.254 e. The van der Waals surface area contributed by atoms with Crippen molar-refractivity contribution < 1.29 is 4.39 Å². The summed E-state index contributed by atoms with van der Waals surface area (Å²) in [6, 6.07) is 3.24. The molecule has 0 amide bonds. The van der Waals surface area contributed by atoms with Crippen LogP contribution in [0.15, 0.2) is 24.5 Å². The lowest BCUT2D eigenvalue weighted by molar-refractivity contribution is 0.624. The second-order valence-electron chi connectivity index (χ2n) is 2.65. The molecule has 0 aliphatic carbocycles. The zero-order valence-corrected chi connectivity index (χ0v) is 6.58. The van der Waals surface area contributed by atoms with Crippen molar-refractivity contribution >= 4 is 11.0 Å². The Morgan fingerprint density at radius 1 is 1.33 bits per heavy atom. The Morgan fingerprint density at radius 3 is 3.00 bits per heavy atom. The highest BCUT2D eigenvalue weighted by Gasteiger charge is 1.99. The lowest BCUT2D eigenvalue weighted by Gasteiger charge is -1.98. The number of aryl methyl sites for hydroxylation is 1. The number of halogens is 1. The fourth-order valence-corrected chi connectivity index (χ4v) is 1.14. The summed E-state index contributed by atoms with van der Waals surface area (Å²) in [4.78, 5) is 7.94. The van der Waals surface area contributed by atoms with Crippen LogP contribution in [-0.2, 0) is 0 Å². The van der Waals surface area contributed by atoms with Gasteiger partial charge in [-0.15, -0.1) is 0 Å². The summed E-state index contributed by atoms with van der Waals surface area (Å²) < 4.78 is 12.7. The topological polar surface area (TPSA) is 25.8 Å². The van der Waals surface area contributed by atoms with E-state index in [1.165, 1.54) is 12.3 Å². The molecule has 60 valence electrons. The molecule has 0 aromatic carbocycles. The van der Waals surface area contributed by atoms with Gasteiger partial charge in [0.05, 0.1) is 17.2 Å². The summed E-state index contributed by atoms with van der Waals surface area (Å²) in [6.45, 7) is 1.93. The molecule has 0 fully saturated rings. The predicted octanol–water partition coefficient (Wildman–Crippen LogP) is 2.08. The Bertz CT molecular complexity index is 426. The Kier molecular flexibility index (Phi) is 1.50. The molecular formula is C9H7FN2. The van der Waals surface area contributed by atoms with Crippen molar-refractivity contribution in [2.45, 2.75) is 6.92 Å². The molecule has 3 heteroatoms. The molecule has 2 aromatic rings. The van der Waals surface area contributed by atoms with Gasteiger partial charge in [0.15, 0.2) is 0 Å². The van der Waals surface area contributed by atoms with Gasteiger partial charge in [-0.25, -0.2) is 4.39 Å². The summed E-state index contributed by atoms with van der Waals surface area (Å²) in [5.41, 5.74) is 2.38. The average Bonchev–Trinajstić information content (AvgIpc) is 2.04. The Labute approximate surface area is 69.1 Å². The van der Waals surface area contributed by atoms with Gasteiger partial charge in [-0.3, -0.25) is 9.97 Å². The molecular weight excluding hydrogens is 155 g/mol. The highest BCUT2D eigenvalue weighted by atomic mass is 19.1. The first-order valence-corrected chi connectivity index (χ1v) is 3.64. The van der Waals surface area contributed by atoms with Gasteiger partial charge < -0.3 is 0 Å². The van der Waals surface area contributed by atoms with Crippen molar-refractivity contribution in [3.63, 3.8) is 0 Å². The van der Waals surface area contributed by atoms with Crippen molar-refractivity contribution in [1.29, 1.82) is 0 Å². The maximum Gasteiger partial charge on any atom is 0.143 e. The summed E-state index contributed by atoms with van der Waals surface area (Å²) in [6.07, 6.45) is 2.86. The van der Waals surface area contributed by atoms with Crippen molar-refractivity contribution in [3.8, 4) is 0 Å². The van der Waals surface area contributed by atoms with Crippen molar-refractivity contribution in [3.05, 3.63) is 35.9 Å². The normalized spacial score (nSPS) is 10.5. The smallest absolute Gasteiger partial charge is 0.143 e. The van der Waals surface area contributed by atoms with Gasteiger partial charge in [-0.2, -0.15) is 0 Å². The highest BCUT2D eigenvalue weighted by Crippen LogP contribution is 2.12. The number of pyridine rings is 2. The molecule has 12 heavy (non-hydrogen) atoms. The van der Waals surface area contributed by atoms with Crippen molar-refractivity contribution in [2.75, 3.05) is 0 Å². The molecule has 2 nitrogen and oxygen atoms in total. The molecule has 0 spiro atoms. The van der Waals surface area contributed by atoms with Crippen LogP contribution < -0.4 is 0 Å². The third kappa shape index (κ3) is 1.03. The lowest BCUT2D eigenvalue weighted by Crippen LogP contribution is -1.87. The molecule has 0 atom stereocenters. The second kappa shape index (κ2) is 2.52. The molecule has 0 saturated heterocycles. The minimum atomic E-state index is -0.347. The van der Waals surface area contributed by atoms with Crippen LogP contribution in [0.2, 0.25) is 0 Å². The first-order valence-electron chi connectivity index (χ1n) is 3.64. The maximum atomic E-state index is 12.7. The summed E-state index contributed by atoms with van der Waals surface area (Å²) >= 11 is 0. The molecule has 2 rings (SSSR count). The average molecular weight is 162 g/mol. The van der Waals surface area contributed by atoms with E-state index in [0.29, 0.717) is 5.52 Å². The van der Waals surface area contributed by atoms with E-state index in [1.54, 1.807) is 6.20 Å². The van der Waals surface area contributed by atoms with Crippen LogP contribution >= 0.6 is 0 Å². The summed E-state index contributed by atoms with van der Waals surface area (Å²) in [5.74, 6) is -0.347. The SMILES string of the molecule is Cc1ccnc2cc(F)cnc12. The van der Waals surface area contributed by atoms with E-state index in [2.05, 4.69) is 9.97 Å². The molecule has 0 unspecified atom stereocenters. The van der Waals surface area contributed by atoms with E-state index >= 15 is 0 Å². The number of hydrogen-bond donors (Lipinski definition) is 0. The third-order valence-corrected chi connectivity index (χ3v) is 1.75. The molecule has 2 heterocycles. The molecule has 0 N–H and O–H groups in total. The van der Waals surface area contributed by atoms with Crippen molar-refractivity contribution in [2.24, 2.45) is 0 Å². The van der Waals surface area contributed by atoms with Gasteiger partial charge >= 0.3 is 0 Å². The van der Waals surface area contributed by atoms with E-state index in [-0.39, 0.29) is 5.82 Å². The number of fused-ring (bicyclic) bond motifs is 1. The summed E-state index contributed by atoms with van der Waals surface area (Å²) in [5, 5.41) is 0. The van der Waals surface area contributed by atoms with Crippen LogP contribution in [0.4, 0.5) is 4.39 Å². The highest BCUT2D eigenvalue weighted by molar-refractivity contribution is 5.76. The zero-order valence-electron chi connectivity index (χ0n) is 6.58. The van der Waals surface area contributed by atoms with Crippen molar-refractivity contribution in [1.82, 2.24) is 9.97 Å². The van der Waals surface area contributed by atoms with E-state index in [9.17, 15) is 4.39 Å². The van der Waals surface area contributed by atoms with Gasteiger partial charge in [-0.1, -0.05) is 0 Å². The molecule has 0 aliphatic rings. The number of aromatic nitrogens is 2. The lowest BCUT2D eigenvalue weighted by atomic mass is 10.2. The molecule has 0 aliphatic heterocycles. The summed E-state index contributed by atoms with van der Waals surface area (Å²) in [7, 11) is 0. The van der Waals surface area contributed by atoms with Crippen LogP contribution in [0, 0.1) is 12.7 Å². The molecule has 0 saturated carbocycles. The van der Waals surface area contributed by atoms with E-state index < -0.39 is 0 Å². The first-order chi connectivity index (χ1) is 5.77. The monoisotopic (exact) mass is 162 g/mol. The molecule has 0 radical (unpaired) electrons. The van der Waals surface area contributed by atoms with E-state index in [0.717, 1.165) is 11.1 Å². The molecule has 2 aromatic heterocycles. The van der Waals surface area contributed by atoms with Gasteiger partial charge in [-0.05, 0) is 18.6 Å². The largest absolute Gasteiger partial charge is 0.254 e. The Balaban J connectivity index is 2.86. The zero-order chi connectivity index (χ0) is 8.55. The fourth-order valence-electron chi connectivity index (χ4n) is 1.14. The van der Waals surface area contributed by atoms with Crippen LogP contribution in [0.25, 0.3) is 11.0 Å². The van der Waals surface area contributed by atoms with E-state index in [4.69, 9.17) is 0 Å². The van der Waals surface area contributed by atoms with Crippen LogP contribution in [0.1, 0.15) is 5.56 Å². The number of rotatable bonds is 0. The van der Waals surface area contributed by atoms with Crippen LogP contribution in [0.3, 0.4) is 0 Å². The second-order valence-corrected chi connectivity index (χ2v) is 2.65. The van der Waals surface area contributed by atoms with E-state index in [1.807, 2.05) is 13.0 Å². The number of hydrogen-bond acceptors (Lipinski definition) is 2. The minimum absolute atomic E-state index is 0.347. The fraction of sp³-hybridized carbons (Fsp3) is 0.111. The van der Waals surface area contributed by atoms with Crippen LogP contribution in [0.5, 0.6) is 0 Å². The standard InChI is InChI=1S/C9H7FN2/c1-6-2-3-11-8-4-7(10)5-12-9(6)8/h2-5H,1H3.